The molecule has 1 rings (SSSR count). The van der Waals surface area contributed by atoms with E-state index in [1.54, 1.807) is 20.8 Å². The highest BCUT2D eigenvalue weighted by molar-refractivity contribution is 6.12. The van der Waals surface area contributed by atoms with E-state index < -0.39 is 16.6 Å². The van der Waals surface area contributed by atoms with E-state index in [-0.39, 0.29) is 5.69 Å². The topological polar surface area (TPSA) is 108 Å². The first kappa shape index (κ1) is 16.4. The summed E-state index contributed by atoms with van der Waals surface area (Å²) < 4.78 is 5.02. The van der Waals surface area contributed by atoms with Gasteiger partial charge in [0.1, 0.15) is 5.60 Å². The van der Waals surface area contributed by atoms with Gasteiger partial charge in [0.05, 0.1) is 4.92 Å². The molecule has 1 amide bonds. The van der Waals surface area contributed by atoms with Gasteiger partial charge in [-0.2, -0.15) is 4.99 Å². The molecule has 0 saturated heterocycles. The van der Waals surface area contributed by atoms with Gasteiger partial charge < -0.3 is 10.5 Å². The van der Waals surface area contributed by atoms with E-state index in [9.17, 15) is 14.9 Å². The standard InChI is InChI=1S/C14H17N3O4/c1-14(2,3)21-13(18)16-9-11(8-15)10-4-6-12(7-5-10)17(19)20/h4-9H,15H2,1-3H3/b11-8+,16-9+. The molecule has 0 atom stereocenters. The summed E-state index contributed by atoms with van der Waals surface area (Å²) in [5.41, 5.74) is 5.88. The highest BCUT2D eigenvalue weighted by Crippen LogP contribution is 2.17. The molecule has 0 fully saturated rings. The fourth-order valence-corrected chi connectivity index (χ4v) is 1.40. The highest BCUT2D eigenvalue weighted by Gasteiger charge is 2.15. The number of amides is 1. The maximum absolute atomic E-state index is 11.5. The van der Waals surface area contributed by atoms with Crippen LogP contribution in [0.1, 0.15) is 26.3 Å². The van der Waals surface area contributed by atoms with E-state index in [1.165, 1.54) is 36.7 Å². The first-order chi connectivity index (χ1) is 9.73. The first-order valence-corrected chi connectivity index (χ1v) is 6.16. The lowest BCUT2D eigenvalue weighted by Crippen LogP contribution is -2.21. The molecule has 0 spiro atoms. The molecule has 7 nitrogen and oxygen atoms in total. The molecule has 21 heavy (non-hydrogen) atoms. The summed E-state index contributed by atoms with van der Waals surface area (Å²) in [4.78, 5) is 25.2. The van der Waals surface area contributed by atoms with E-state index in [2.05, 4.69) is 4.99 Å². The molecule has 2 N–H and O–H groups in total. The molecular formula is C14H17N3O4. The van der Waals surface area contributed by atoms with Crippen LogP contribution in [0.15, 0.2) is 35.5 Å². The maximum Gasteiger partial charge on any atom is 0.434 e. The largest absolute Gasteiger partial charge is 0.442 e. The minimum absolute atomic E-state index is 0.0285. The van der Waals surface area contributed by atoms with Crippen LogP contribution in [0.2, 0.25) is 0 Å². The maximum atomic E-state index is 11.5. The van der Waals surface area contributed by atoms with Gasteiger partial charge in [-0.05, 0) is 38.5 Å². The van der Waals surface area contributed by atoms with Crippen LogP contribution in [0.25, 0.3) is 5.57 Å². The van der Waals surface area contributed by atoms with Crippen molar-refractivity contribution >= 4 is 23.6 Å². The molecule has 1 aromatic rings. The zero-order valence-corrected chi connectivity index (χ0v) is 12.1. The van der Waals surface area contributed by atoms with Crippen molar-refractivity contribution in [2.75, 3.05) is 0 Å². The van der Waals surface area contributed by atoms with Crippen LogP contribution >= 0.6 is 0 Å². The number of carbonyl (C=O) groups excluding carboxylic acids is 1. The van der Waals surface area contributed by atoms with Crippen LogP contribution in [0.5, 0.6) is 0 Å². The predicted octanol–water partition coefficient (Wildman–Crippen LogP) is 2.90. The Bertz CT molecular complexity index is 583. The van der Waals surface area contributed by atoms with Crippen molar-refractivity contribution in [1.82, 2.24) is 0 Å². The van der Waals surface area contributed by atoms with Gasteiger partial charge in [0.2, 0.25) is 0 Å². The number of nitrogens with two attached hydrogens (primary N) is 1. The lowest BCUT2D eigenvalue weighted by molar-refractivity contribution is -0.384. The molecular weight excluding hydrogens is 274 g/mol. The van der Waals surface area contributed by atoms with Crippen molar-refractivity contribution in [2.45, 2.75) is 26.4 Å². The Balaban J connectivity index is 2.85. The van der Waals surface area contributed by atoms with Gasteiger partial charge >= 0.3 is 6.09 Å². The summed E-state index contributed by atoms with van der Waals surface area (Å²) in [6.07, 6.45) is 1.79. The number of nitrogens with zero attached hydrogens (tertiary/aromatic N) is 2. The molecule has 0 aliphatic carbocycles. The number of nitro benzene ring substituents is 1. The van der Waals surface area contributed by atoms with Crippen molar-refractivity contribution in [3.63, 3.8) is 0 Å². The normalized spacial score (nSPS) is 12.4. The molecule has 0 aliphatic heterocycles. The fourth-order valence-electron chi connectivity index (χ4n) is 1.40. The molecule has 0 aromatic heterocycles. The number of allylic oxidation sites excluding steroid dienone is 1. The number of ether oxygens (including phenoxy) is 1. The number of hydrogen-bond acceptors (Lipinski definition) is 5. The SMILES string of the molecule is CC(C)(C)OC(=O)/N=C/C(=C\N)c1ccc([N+](=O)[O-])cc1. The van der Waals surface area contributed by atoms with Gasteiger partial charge in [-0.25, -0.2) is 4.79 Å². The van der Waals surface area contributed by atoms with Crippen LogP contribution in [0.4, 0.5) is 10.5 Å². The minimum atomic E-state index is -0.733. The van der Waals surface area contributed by atoms with Crippen molar-refractivity contribution in [3.05, 3.63) is 46.1 Å². The number of benzene rings is 1. The van der Waals surface area contributed by atoms with Crippen LogP contribution in [0.3, 0.4) is 0 Å². The van der Waals surface area contributed by atoms with Crippen molar-refractivity contribution < 1.29 is 14.5 Å². The second-order valence-electron chi connectivity index (χ2n) is 5.16. The van der Waals surface area contributed by atoms with Crippen LogP contribution in [0, 0.1) is 10.1 Å². The predicted molar refractivity (Wildman–Crippen MR) is 80.0 cm³/mol. The average Bonchev–Trinajstić information content (AvgIpc) is 2.38. The Labute approximate surface area is 122 Å². The van der Waals surface area contributed by atoms with Gasteiger partial charge in [0.25, 0.3) is 5.69 Å². The molecule has 0 bridgehead atoms. The number of rotatable bonds is 3. The van der Waals surface area contributed by atoms with E-state index in [4.69, 9.17) is 10.5 Å². The third kappa shape index (κ3) is 5.43. The Morgan fingerprint density at radius 3 is 2.33 bits per heavy atom. The molecule has 112 valence electrons. The second-order valence-corrected chi connectivity index (χ2v) is 5.16. The number of carbonyl (C=O) groups is 1. The van der Waals surface area contributed by atoms with Crippen LogP contribution in [-0.4, -0.2) is 22.8 Å². The zero-order chi connectivity index (χ0) is 16.0. The van der Waals surface area contributed by atoms with E-state index >= 15 is 0 Å². The van der Waals surface area contributed by atoms with Crippen molar-refractivity contribution in [1.29, 1.82) is 0 Å². The molecule has 0 radical (unpaired) electrons. The summed E-state index contributed by atoms with van der Waals surface area (Å²) >= 11 is 0. The Morgan fingerprint density at radius 1 is 1.33 bits per heavy atom. The molecule has 0 aliphatic rings. The Hall–Kier alpha value is -2.70. The fraction of sp³-hybridized carbons (Fsp3) is 0.286. The Morgan fingerprint density at radius 2 is 1.90 bits per heavy atom. The van der Waals surface area contributed by atoms with Gasteiger partial charge in [0, 0.05) is 30.1 Å². The molecule has 0 saturated carbocycles. The van der Waals surface area contributed by atoms with E-state index in [0.29, 0.717) is 11.1 Å². The molecule has 1 aromatic carbocycles. The quantitative estimate of drug-likeness (QED) is 0.523. The summed E-state index contributed by atoms with van der Waals surface area (Å²) in [6, 6.07) is 5.75. The summed E-state index contributed by atoms with van der Waals surface area (Å²) in [5, 5.41) is 10.6. The summed E-state index contributed by atoms with van der Waals surface area (Å²) in [6.45, 7) is 5.20. The lowest BCUT2D eigenvalue weighted by atomic mass is 10.1. The third-order valence-electron chi connectivity index (χ3n) is 2.29. The zero-order valence-electron chi connectivity index (χ0n) is 12.1. The van der Waals surface area contributed by atoms with Gasteiger partial charge in [-0.15, -0.1) is 0 Å². The Kier molecular flexibility index (Phi) is 5.18. The summed E-state index contributed by atoms with van der Waals surface area (Å²) in [5.74, 6) is 0. The van der Waals surface area contributed by atoms with Gasteiger partial charge in [-0.3, -0.25) is 10.1 Å². The van der Waals surface area contributed by atoms with Crippen molar-refractivity contribution in [2.24, 2.45) is 10.7 Å². The average molecular weight is 291 g/mol. The number of aliphatic imine (C=N–C) groups is 1. The van der Waals surface area contributed by atoms with Crippen LogP contribution < -0.4 is 5.73 Å². The molecule has 7 heteroatoms. The van der Waals surface area contributed by atoms with Gasteiger partial charge in [-0.1, -0.05) is 0 Å². The molecule has 0 heterocycles. The van der Waals surface area contributed by atoms with Gasteiger partial charge in [0.15, 0.2) is 0 Å². The molecule has 0 unspecified atom stereocenters. The first-order valence-electron chi connectivity index (χ1n) is 6.16. The lowest BCUT2D eigenvalue weighted by Gasteiger charge is -2.17. The van der Waals surface area contributed by atoms with Crippen LogP contribution in [-0.2, 0) is 4.74 Å². The van der Waals surface area contributed by atoms with E-state index in [1.807, 2.05) is 0 Å². The van der Waals surface area contributed by atoms with E-state index in [0.717, 1.165) is 0 Å². The second kappa shape index (κ2) is 6.65. The number of nitro groups is 1. The minimum Gasteiger partial charge on any atom is -0.442 e. The summed E-state index contributed by atoms with van der Waals surface area (Å²) in [7, 11) is 0. The monoisotopic (exact) mass is 291 g/mol. The number of non-ortho nitro benzene ring substituents is 1. The number of hydrogen-bond donors (Lipinski definition) is 1. The van der Waals surface area contributed by atoms with Crippen molar-refractivity contribution in [3.8, 4) is 0 Å². The third-order valence-corrected chi connectivity index (χ3v) is 2.29. The highest BCUT2D eigenvalue weighted by atomic mass is 16.6. The smallest absolute Gasteiger partial charge is 0.434 e.